The summed E-state index contributed by atoms with van der Waals surface area (Å²) in [5.41, 5.74) is 5.57. The van der Waals surface area contributed by atoms with Gasteiger partial charge in [0.2, 0.25) is 0 Å². The van der Waals surface area contributed by atoms with Crippen molar-refractivity contribution in [2.24, 2.45) is 0 Å². The number of para-hydroxylation sites is 1. The molecule has 5 rings (SSSR count). The number of hydrogen-bond donors (Lipinski definition) is 1. The van der Waals surface area contributed by atoms with Gasteiger partial charge in [-0.15, -0.1) is 0 Å². The standard InChI is InChI=1S/C29H26ClN3O3/c1-19-23(30)11-7-13-24(19)32-27(34)18-36-29(35)28-21-10-5-6-12-25(21)31-26-14-15-33(17-22(26)28)16-20-8-3-2-4-9-20/h2-13H,14-18H2,1H3,(H,32,34). The molecule has 4 aromatic rings. The summed E-state index contributed by atoms with van der Waals surface area (Å²) in [4.78, 5) is 33.1. The monoisotopic (exact) mass is 499 g/mol. The third-order valence-electron chi connectivity index (χ3n) is 6.45. The molecule has 7 heteroatoms. The van der Waals surface area contributed by atoms with Gasteiger partial charge in [-0.3, -0.25) is 14.7 Å². The number of nitrogens with one attached hydrogen (secondary N) is 1. The highest BCUT2D eigenvalue weighted by atomic mass is 35.5. The maximum absolute atomic E-state index is 13.4. The van der Waals surface area contributed by atoms with Crippen LogP contribution in [0.1, 0.15) is 32.7 Å². The van der Waals surface area contributed by atoms with Crippen LogP contribution in [0.15, 0.2) is 72.8 Å². The minimum absolute atomic E-state index is 0.399. The second-order valence-corrected chi connectivity index (χ2v) is 9.32. The Kier molecular flexibility index (Phi) is 6.98. The summed E-state index contributed by atoms with van der Waals surface area (Å²) < 4.78 is 5.53. The molecule has 0 bridgehead atoms. The number of fused-ring (bicyclic) bond motifs is 2. The fourth-order valence-corrected chi connectivity index (χ4v) is 4.76. The number of pyridine rings is 1. The molecule has 0 fully saturated rings. The zero-order valence-electron chi connectivity index (χ0n) is 20.0. The number of carbonyl (C=O) groups excluding carboxylic acids is 2. The molecule has 0 radical (unpaired) electrons. The van der Waals surface area contributed by atoms with Gasteiger partial charge < -0.3 is 10.1 Å². The van der Waals surface area contributed by atoms with Gasteiger partial charge in [-0.05, 0) is 36.2 Å². The van der Waals surface area contributed by atoms with Crippen molar-refractivity contribution >= 4 is 40.1 Å². The number of ether oxygens (including phenoxy) is 1. The first-order valence-corrected chi connectivity index (χ1v) is 12.3. The minimum Gasteiger partial charge on any atom is -0.452 e. The lowest BCUT2D eigenvalue weighted by molar-refractivity contribution is -0.119. The quantitative estimate of drug-likeness (QED) is 0.352. The molecule has 3 aromatic carbocycles. The minimum atomic E-state index is -0.524. The molecule has 0 spiro atoms. The zero-order valence-corrected chi connectivity index (χ0v) is 20.7. The summed E-state index contributed by atoms with van der Waals surface area (Å²) in [7, 11) is 0. The van der Waals surface area contributed by atoms with E-state index in [0.29, 0.717) is 22.8 Å². The third kappa shape index (κ3) is 5.10. The molecule has 1 aromatic heterocycles. The van der Waals surface area contributed by atoms with Gasteiger partial charge in [-0.25, -0.2) is 4.79 Å². The summed E-state index contributed by atoms with van der Waals surface area (Å²) in [5, 5.41) is 4.06. The van der Waals surface area contributed by atoms with Gasteiger partial charge >= 0.3 is 5.97 Å². The van der Waals surface area contributed by atoms with Crippen LogP contribution < -0.4 is 5.32 Å². The Bertz CT molecular complexity index is 1440. The van der Waals surface area contributed by atoms with E-state index in [4.69, 9.17) is 21.3 Å². The molecule has 0 saturated carbocycles. The number of aromatic nitrogens is 1. The van der Waals surface area contributed by atoms with Crippen LogP contribution in [0.3, 0.4) is 0 Å². The Morgan fingerprint density at radius 2 is 1.81 bits per heavy atom. The second-order valence-electron chi connectivity index (χ2n) is 8.91. The van der Waals surface area contributed by atoms with Crippen molar-refractivity contribution in [3.05, 3.63) is 106 Å². The average molecular weight is 500 g/mol. The second kappa shape index (κ2) is 10.5. The van der Waals surface area contributed by atoms with Gasteiger partial charge in [0.15, 0.2) is 6.61 Å². The van der Waals surface area contributed by atoms with Gasteiger partial charge in [0.25, 0.3) is 5.91 Å². The summed E-state index contributed by atoms with van der Waals surface area (Å²) in [6, 6.07) is 23.1. The number of benzene rings is 3. The smallest absolute Gasteiger partial charge is 0.339 e. The molecule has 36 heavy (non-hydrogen) atoms. The molecule has 0 saturated heterocycles. The Hall–Kier alpha value is -3.74. The largest absolute Gasteiger partial charge is 0.452 e. The van der Waals surface area contributed by atoms with Crippen LogP contribution in [0.25, 0.3) is 10.9 Å². The van der Waals surface area contributed by atoms with Crippen molar-refractivity contribution in [2.45, 2.75) is 26.4 Å². The summed E-state index contributed by atoms with van der Waals surface area (Å²) in [5.74, 6) is -0.948. The number of nitrogens with zero attached hydrogens (tertiary/aromatic N) is 2. The molecular weight excluding hydrogens is 474 g/mol. The van der Waals surface area contributed by atoms with E-state index in [-0.39, 0.29) is 0 Å². The fourth-order valence-electron chi connectivity index (χ4n) is 4.59. The normalized spacial score (nSPS) is 13.3. The first-order chi connectivity index (χ1) is 17.5. The summed E-state index contributed by atoms with van der Waals surface area (Å²) >= 11 is 6.14. The SMILES string of the molecule is Cc1c(Cl)cccc1NC(=O)COC(=O)c1c2c(nc3ccccc13)CCN(Cc1ccccc1)C2. The Morgan fingerprint density at radius 3 is 2.64 bits per heavy atom. The topological polar surface area (TPSA) is 71.5 Å². The van der Waals surface area contributed by atoms with Crippen LogP contribution in [0.5, 0.6) is 0 Å². The highest BCUT2D eigenvalue weighted by Gasteiger charge is 2.27. The van der Waals surface area contributed by atoms with Crippen LogP contribution in [0.4, 0.5) is 5.69 Å². The van der Waals surface area contributed by atoms with E-state index in [9.17, 15) is 9.59 Å². The number of carbonyl (C=O) groups is 2. The van der Waals surface area contributed by atoms with E-state index in [1.54, 1.807) is 18.2 Å². The highest BCUT2D eigenvalue weighted by Crippen LogP contribution is 2.29. The first-order valence-electron chi connectivity index (χ1n) is 11.9. The molecule has 0 aliphatic carbocycles. The van der Waals surface area contributed by atoms with Gasteiger partial charge in [0, 0.05) is 53.4 Å². The number of amides is 1. The van der Waals surface area contributed by atoms with E-state index in [0.717, 1.165) is 47.2 Å². The molecule has 0 unspecified atom stereocenters. The van der Waals surface area contributed by atoms with Crippen molar-refractivity contribution in [1.29, 1.82) is 0 Å². The van der Waals surface area contributed by atoms with Gasteiger partial charge in [0.05, 0.1) is 11.1 Å². The molecule has 2 heterocycles. The van der Waals surface area contributed by atoms with Crippen molar-refractivity contribution in [1.82, 2.24) is 9.88 Å². The van der Waals surface area contributed by atoms with Crippen molar-refractivity contribution in [3.63, 3.8) is 0 Å². The molecule has 1 aliphatic rings. The van der Waals surface area contributed by atoms with E-state index in [1.807, 2.05) is 49.4 Å². The van der Waals surface area contributed by atoms with Crippen LogP contribution >= 0.6 is 11.6 Å². The Balaban J connectivity index is 1.38. The van der Waals surface area contributed by atoms with Gasteiger partial charge in [-0.2, -0.15) is 0 Å². The number of halogens is 1. The lowest BCUT2D eigenvalue weighted by Crippen LogP contribution is -2.32. The van der Waals surface area contributed by atoms with Crippen molar-refractivity contribution in [2.75, 3.05) is 18.5 Å². The predicted octanol–water partition coefficient (Wildman–Crippen LogP) is 5.55. The molecule has 6 nitrogen and oxygen atoms in total. The molecule has 1 aliphatic heterocycles. The average Bonchev–Trinajstić information content (AvgIpc) is 2.89. The molecule has 1 N–H and O–H groups in total. The van der Waals surface area contributed by atoms with E-state index >= 15 is 0 Å². The summed E-state index contributed by atoms with van der Waals surface area (Å²) in [6.07, 6.45) is 0.738. The molecule has 0 atom stereocenters. The van der Waals surface area contributed by atoms with Crippen LogP contribution in [-0.4, -0.2) is 34.9 Å². The number of hydrogen-bond acceptors (Lipinski definition) is 5. The lowest BCUT2D eigenvalue weighted by Gasteiger charge is -2.30. The predicted molar refractivity (Wildman–Crippen MR) is 141 cm³/mol. The molecule has 1 amide bonds. The number of anilines is 1. The van der Waals surface area contributed by atoms with Crippen molar-refractivity contribution in [3.8, 4) is 0 Å². The fraction of sp³-hybridized carbons (Fsp3) is 0.207. The van der Waals surface area contributed by atoms with Crippen molar-refractivity contribution < 1.29 is 14.3 Å². The van der Waals surface area contributed by atoms with E-state index in [2.05, 4.69) is 22.3 Å². The third-order valence-corrected chi connectivity index (χ3v) is 6.86. The zero-order chi connectivity index (χ0) is 25.1. The van der Waals surface area contributed by atoms with Gasteiger partial charge in [-0.1, -0.05) is 66.2 Å². The van der Waals surface area contributed by atoms with Crippen LogP contribution in [0, 0.1) is 6.92 Å². The van der Waals surface area contributed by atoms with Crippen LogP contribution in [-0.2, 0) is 29.0 Å². The van der Waals surface area contributed by atoms with E-state index < -0.39 is 18.5 Å². The van der Waals surface area contributed by atoms with Gasteiger partial charge in [0.1, 0.15) is 0 Å². The highest BCUT2D eigenvalue weighted by molar-refractivity contribution is 6.31. The van der Waals surface area contributed by atoms with Crippen LogP contribution in [0.2, 0.25) is 5.02 Å². The van der Waals surface area contributed by atoms with E-state index in [1.165, 1.54) is 5.56 Å². The summed E-state index contributed by atoms with van der Waals surface area (Å²) in [6.45, 7) is 3.64. The maximum atomic E-state index is 13.4. The Morgan fingerprint density at radius 1 is 1.03 bits per heavy atom. The maximum Gasteiger partial charge on any atom is 0.339 e. The molecular formula is C29H26ClN3O3. The molecule has 182 valence electrons. The first kappa shape index (κ1) is 24.0. The number of rotatable bonds is 6. The lowest BCUT2D eigenvalue weighted by atomic mass is 9.95. The Labute approximate surface area is 214 Å². The number of esters is 1.